The summed E-state index contributed by atoms with van der Waals surface area (Å²) >= 11 is 0. The molecule has 0 aliphatic rings. The SMILES string of the molecule is COc1ncccc1C(=O)Nc1ccccc1-c1cn2cccc(C)c2n1. The molecule has 1 N–H and O–H groups in total. The van der Waals surface area contributed by atoms with E-state index in [-0.39, 0.29) is 11.8 Å². The summed E-state index contributed by atoms with van der Waals surface area (Å²) in [7, 11) is 1.49. The second-order valence-electron chi connectivity index (χ2n) is 6.11. The van der Waals surface area contributed by atoms with Crippen LogP contribution in [0.1, 0.15) is 15.9 Å². The number of amides is 1. The van der Waals surface area contributed by atoms with Crippen molar-refractivity contribution in [3.63, 3.8) is 0 Å². The fraction of sp³-hybridized carbons (Fsp3) is 0.0952. The van der Waals surface area contributed by atoms with E-state index >= 15 is 0 Å². The first-order chi connectivity index (χ1) is 13.2. The van der Waals surface area contributed by atoms with Gasteiger partial charge in [-0.1, -0.05) is 24.3 Å². The van der Waals surface area contributed by atoms with Crippen LogP contribution in [0, 0.1) is 6.92 Å². The van der Waals surface area contributed by atoms with E-state index in [9.17, 15) is 4.79 Å². The van der Waals surface area contributed by atoms with E-state index < -0.39 is 0 Å². The minimum Gasteiger partial charge on any atom is -0.480 e. The number of pyridine rings is 2. The highest BCUT2D eigenvalue weighted by molar-refractivity contribution is 6.07. The number of ether oxygens (including phenoxy) is 1. The molecule has 27 heavy (non-hydrogen) atoms. The van der Waals surface area contributed by atoms with Gasteiger partial charge in [0, 0.05) is 24.2 Å². The number of nitrogens with one attached hydrogen (secondary N) is 1. The van der Waals surface area contributed by atoms with Gasteiger partial charge in [0.2, 0.25) is 5.88 Å². The summed E-state index contributed by atoms with van der Waals surface area (Å²) < 4.78 is 7.16. The predicted molar refractivity (Wildman–Crippen MR) is 104 cm³/mol. The highest BCUT2D eigenvalue weighted by atomic mass is 16.5. The van der Waals surface area contributed by atoms with Crippen LogP contribution in [0.5, 0.6) is 5.88 Å². The third kappa shape index (κ3) is 3.13. The van der Waals surface area contributed by atoms with Crippen LogP contribution in [0.4, 0.5) is 5.69 Å². The van der Waals surface area contributed by atoms with Crippen LogP contribution in [0.2, 0.25) is 0 Å². The number of para-hydroxylation sites is 1. The molecule has 0 bridgehead atoms. The van der Waals surface area contributed by atoms with Gasteiger partial charge in [0.1, 0.15) is 11.2 Å². The van der Waals surface area contributed by atoms with E-state index in [2.05, 4.69) is 10.3 Å². The van der Waals surface area contributed by atoms with Gasteiger partial charge >= 0.3 is 0 Å². The third-order valence-corrected chi connectivity index (χ3v) is 4.34. The summed E-state index contributed by atoms with van der Waals surface area (Å²) in [6, 6.07) is 15.0. The molecule has 0 saturated heterocycles. The lowest BCUT2D eigenvalue weighted by Crippen LogP contribution is -2.14. The number of carbonyl (C=O) groups is 1. The summed E-state index contributed by atoms with van der Waals surface area (Å²) in [4.78, 5) is 21.6. The van der Waals surface area contributed by atoms with Crippen molar-refractivity contribution in [3.8, 4) is 17.1 Å². The number of rotatable bonds is 4. The number of fused-ring (bicyclic) bond motifs is 1. The molecule has 134 valence electrons. The average Bonchev–Trinajstić information content (AvgIpc) is 3.14. The van der Waals surface area contributed by atoms with Crippen LogP contribution in [-0.4, -0.2) is 27.4 Å². The van der Waals surface area contributed by atoms with Crippen molar-refractivity contribution in [3.05, 3.63) is 78.2 Å². The Labute approximate surface area is 156 Å². The second kappa shape index (κ2) is 6.92. The molecule has 0 aliphatic carbocycles. The van der Waals surface area contributed by atoms with Crippen molar-refractivity contribution < 1.29 is 9.53 Å². The fourth-order valence-corrected chi connectivity index (χ4v) is 3.01. The van der Waals surface area contributed by atoms with E-state index in [0.29, 0.717) is 11.3 Å². The van der Waals surface area contributed by atoms with Crippen LogP contribution in [0.15, 0.2) is 67.1 Å². The molecule has 4 rings (SSSR count). The Balaban J connectivity index is 1.73. The standard InChI is InChI=1S/C21H18N4O2/c1-14-7-6-12-25-13-18(23-19(14)25)15-8-3-4-10-17(15)24-20(26)16-9-5-11-22-21(16)27-2/h3-13H,1-2H3,(H,24,26). The lowest BCUT2D eigenvalue weighted by Gasteiger charge is -2.11. The number of imidazole rings is 1. The van der Waals surface area contributed by atoms with Gasteiger partial charge in [-0.3, -0.25) is 4.79 Å². The Morgan fingerprint density at radius 3 is 2.78 bits per heavy atom. The Hall–Kier alpha value is -3.67. The van der Waals surface area contributed by atoms with E-state index in [4.69, 9.17) is 9.72 Å². The first kappa shape index (κ1) is 16.8. The topological polar surface area (TPSA) is 68.5 Å². The number of hydrogen-bond acceptors (Lipinski definition) is 4. The second-order valence-corrected chi connectivity index (χ2v) is 6.11. The molecular weight excluding hydrogens is 340 g/mol. The maximum Gasteiger partial charge on any atom is 0.261 e. The van der Waals surface area contributed by atoms with Crippen molar-refractivity contribution in [2.24, 2.45) is 0 Å². The van der Waals surface area contributed by atoms with E-state index in [1.165, 1.54) is 7.11 Å². The highest BCUT2D eigenvalue weighted by Crippen LogP contribution is 2.29. The molecule has 0 unspecified atom stereocenters. The molecule has 0 aliphatic heterocycles. The lowest BCUT2D eigenvalue weighted by atomic mass is 10.1. The van der Waals surface area contributed by atoms with Crippen LogP contribution in [0.25, 0.3) is 16.9 Å². The van der Waals surface area contributed by atoms with Crippen molar-refractivity contribution in [2.75, 3.05) is 12.4 Å². The molecule has 3 aromatic heterocycles. The van der Waals surface area contributed by atoms with Crippen molar-refractivity contribution in [2.45, 2.75) is 6.92 Å². The van der Waals surface area contributed by atoms with E-state index in [0.717, 1.165) is 22.5 Å². The zero-order valence-electron chi connectivity index (χ0n) is 15.0. The lowest BCUT2D eigenvalue weighted by molar-refractivity contribution is 0.102. The normalized spacial score (nSPS) is 10.7. The molecule has 0 fully saturated rings. The van der Waals surface area contributed by atoms with Gasteiger partial charge in [-0.25, -0.2) is 9.97 Å². The molecule has 6 nitrogen and oxygen atoms in total. The predicted octanol–water partition coefficient (Wildman–Crippen LogP) is 3.97. The average molecular weight is 358 g/mol. The van der Waals surface area contributed by atoms with E-state index in [1.807, 2.05) is 60.1 Å². The fourth-order valence-electron chi connectivity index (χ4n) is 3.01. The van der Waals surface area contributed by atoms with Gasteiger partial charge in [0.25, 0.3) is 5.91 Å². The number of benzene rings is 1. The maximum atomic E-state index is 12.7. The Morgan fingerprint density at radius 1 is 1.11 bits per heavy atom. The summed E-state index contributed by atoms with van der Waals surface area (Å²) in [6.45, 7) is 2.02. The Bertz CT molecular complexity index is 1130. The minimum atomic E-state index is -0.285. The number of anilines is 1. The van der Waals surface area contributed by atoms with Crippen LogP contribution in [-0.2, 0) is 0 Å². The molecule has 0 radical (unpaired) electrons. The molecule has 0 spiro atoms. The van der Waals surface area contributed by atoms with Gasteiger partial charge in [-0.2, -0.15) is 0 Å². The van der Waals surface area contributed by atoms with Crippen molar-refractivity contribution in [1.82, 2.24) is 14.4 Å². The van der Waals surface area contributed by atoms with Crippen LogP contribution >= 0.6 is 0 Å². The number of aryl methyl sites for hydroxylation is 1. The molecule has 1 aromatic carbocycles. The number of methoxy groups -OCH3 is 1. The number of hydrogen-bond donors (Lipinski definition) is 1. The maximum absolute atomic E-state index is 12.7. The van der Waals surface area contributed by atoms with Crippen molar-refractivity contribution >= 4 is 17.2 Å². The summed E-state index contributed by atoms with van der Waals surface area (Å²) in [5.74, 6) is 0.00295. The summed E-state index contributed by atoms with van der Waals surface area (Å²) in [5.41, 5.74) is 4.66. The molecular formula is C21H18N4O2. The largest absolute Gasteiger partial charge is 0.480 e. The minimum absolute atomic E-state index is 0.285. The van der Waals surface area contributed by atoms with Crippen LogP contribution in [0.3, 0.4) is 0 Å². The summed E-state index contributed by atoms with van der Waals surface area (Å²) in [5, 5.41) is 2.95. The molecule has 0 saturated carbocycles. The monoisotopic (exact) mass is 358 g/mol. The molecule has 1 amide bonds. The number of nitrogens with zero attached hydrogens (tertiary/aromatic N) is 3. The van der Waals surface area contributed by atoms with Gasteiger partial charge < -0.3 is 14.5 Å². The molecule has 0 atom stereocenters. The molecule has 6 heteroatoms. The Kier molecular flexibility index (Phi) is 4.30. The Morgan fingerprint density at radius 2 is 1.96 bits per heavy atom. The number of carbonyl (C=O) groups excluding carboxylic acids is 1. The van der Waals surface area contributed by atoms with Gasteiger partial charge in [-0.15, -0.1) is 0 Å². The quantitative estimate of drug-likeness (QED) is 0.599. The highest BCUT2D eigenvalue weighted by Gasteiger charge is 2.16. The van der Waals surface area contributed by atoms with Gasteiger partial charge in [0.15, 0.2) is 0 Å². The smallest absolute Gasteiger partial charge is 0.261 e. The zero-order valence-corrected chi connectivity index (χ0v) is 15.0. The molecule has 3 heterocycles. The molecule has 4 aromatic rings. The van der Waals surface area contributed by atoms with Gasteiger partial charge in [0.05, 0.1) is 18.5 Å². The first-order valence-electron chi connectivity index (χ1n) is 8.51. The first-order valence-corrected chi connectivity index (χ1v) is 8.51. The third-order valence-electron chi connectivity index (χ3n) is 4.34. The van der Waals surface area contributed by atoms with Crippen molar-refractivity contribution in [1.29, 1.82) is 0 Å². The van der Waals surface area contributed by atoms with Gasteiger partial charge in [-0.05, 0) is 36.8 Å². The summed E-state index contributed by atoms with van der Waals surface area (Å²) in [6.07, 6.45) is 5.50. The van der Waals surface area contributed by atoms with Crippen LogP contribution < -0.4 is 10.1 Å². The zero-order chi connectivity index (χ0) is 18.8. The van der Waals surface area contributed by atoms with E-state index in [1.54, 1.807) is 18.3 Å². The number of aromatic nitrogens is 3.